The van der Waals surface area contributed by atoms with E-state index >= 15 is 0 Å². The molecule has 0 radical (unpaired) electrons. The molecule has 0 saturated heterocycles. The van der Waals surface area contributed by atoms with Crippen molar-refractivity contribution in [1.82, 2.24) is 0 Å². The van der Waals surface area contributed by atoms with Gasteiger partial charge in [0.05, 0.1) is 7.11 Å². The number of aryl methyl sites for hydroxylation is 1. The lowest BCUT2D eigenvalue weighted by Gasteiger charge is -2.10. The van der Waals surface area contributed by atoms with Gasteiger partial charge in [-0.3, -0.25) is 0 Å². The van der Waals surface area contributed by atoms with Gasteiger partial charge in [-0.1, -0.05) is 6.92 Å². The van der Waals surface area contributed by atoms with Crippen LogP contribution in [0.3, 0.4) is 0 Å². The molecule has 1 atom stereocenters. The van der Waals surface area contributed by atoms with Crippen molar-refractivity contribution in [3.05, 3.63) is 29.6 Å². The number of benzene rings is 1. The summed E-state index contributed by atoms with van der Waals surface area (Å²) in [6, 6.07) is 4.88. The van der Waals surface area contributed by atoms with Crippen molar-refractivity contribution in [3.63, 3.8) is 0 Å². The maximum Gasteiger partial charge on any atom is 0.123 e. The molecule has 1 aromatic carbocycles. The summed E-state index contributed by atoms with van der Waals surface area (Å²) >= 11 is 0. The van der Waals surface area contributed by atoms with Gasteiger partial charge in [0.15, 0.2) is 0 Å². The highest BCUT2D eigenvalue weighted by atomic mass is 19.1. The number of nitrogens with two attached hydrogens (primary N) is 1. The molecule has 0 aliphatic heterocycles. The van der Waals surface area contributed by atoms with E-state index in [9.17, 15) is 4.39 Å². The molecule has 0 saturated carbocycles. The summed E-state index contributed by atoms with van der Waals surface area (Å²) in [6.45, 7) is 2.08. The van der Waals surface area contributed by atoms with Gasteiger partial charge in [0.1, 0.15) is 11.6 Å². The van der Waals surface area contributed by atoms with E-state index in [1.54, 1.807) is 13.2 Å². The molecular formula is C13H20FNO. The second-order valence-electron chi connectivity index (χ2n) is 4.02. The molecule has 3 heteroatoms. The van der Waals surface area contributed by atoms with Crippen LogP contribution in [0.25, 0.3) is 0 Å². The molecule has 1 aromatic rings. The summed E-state index contributed by atoms with van der Waals surface area (Å²) in [4.78, 5) is 0. The van der Waals surface area contributed by atoms with Gasteiger partial charge in [0, 0.05) is 6.04 Å². The van der Waals surface area contributed by atoms with Crippen molar-refractivity contribution >= 4 is 0 Å². The van der Waals surface area contributed by atoms with Crippen molar-refractivity contribution in [1.29, 1.82) is 0 Å². The minimum Gasteiger partial charge on any atom is -0.496 e. The zero-order valence-electron chi connectivity index (χ0n) is 10.0. The van der Waals surface area contributed by atoms with Crippen LogP contribution in [0.4, 0.5) is 4.39 Å². The van der Waals surface area contributed by atoms with Crippen LogP contribution in [0.5, 0.6) is 5.75 Å². The minimum absolute atomic E-state index is 0.212. The molecule has 0 bridgehead atoms. The summed E-state index contributed by atoms with van der Waals surface area (Å²) in [5.41, 5.74) is 6.75. The Morgan fingerprint density at radius 1 is 1.44 bits per heavy atom. The van der Waals surface area contributed by atoms with Gasteiger partial charge in [-0.2, -0.15) is 0 Å². The largest absolute Gasteiger partial charge is 0.496 e. The van der Waals surface area contributed by atoms with Gasteiger partial charge in [-0.25, -0.2) is 4.39 Å². The first kappa shape index (κ1) is 13.0. The van der Waals surface area contributed by atoms with Crippen molar-refractivity contribution in [3.8, 4) is 5.75 Å². The first-order valence-corrected chi connectivity index (χ1v) is 5.75. The summed E-state index contributed by atoms with van der Waals surface area (Å²) in [6.07, 6.45) is 3.74. The van der Waals surface area contributed by atoms with Gasteiger partial charge in [-0.05, 0) is 49.4 Å². The molecular weight excluding hydrogens is 205 g/mol. The van der Waals surface area contributed by atoms with E-state index in [0.717, 1.165) is 37.0 Å². The Kier molecular flexibility index (Phi) is 5.26. The second-order valence-corrected chi connectivity index (χ2v) is 4.02. The third-order valence-corrected chi connectivity index (χ3v) is 2.79. The fourth-order valence-corrected chi connectivity index (χ4v) is 1.70. The fourth-order valence-electron chi connectivity index (χ4n) is 1.70. The van der Waals surface area contributed by atoms with Gasteiger partial charge in [0.2, 0.25) is 0 Å². The van der Waals surface area contributed by atoms with E-state index < -0.39 is 0 Å². The van der Waals surface area contributed by atoms with E-state index in [0.29, 0.717) is 0 Å². The average molecular weight is 225 g/mol. The Morgan fingerprint density at radius 2 is 2.19 bits per heavy atom. The molecule has 90 valence electrons. The standard InChI is InChI=1S/C13H20FNO/c1-3-12(15)6-4-5-10-9-11(14)7-8-13(10)16-2/h7-9,12H,3-6,15H2,1-2H3. The molecule has 0 amide bonds. The molecule has 1 rings (SSSR count). The topological polar surface area (TPSA) is 35.2 Å². The van der Waals surface area contributed by atoms with Gasteiger partial charge >= 0.3 is 0 Å². The number of hydrogen-bond acceptors (Lipinski definition) is 2. The molecule has 0 aliphatic rings. The quantitative estimate of drug-likeness (QED) is 0.808. The summed E-state index contributed by atoms with van der Waals surface area (Å²) < 4.78 is 18.2. The number of halogens is 1. The zero-order chi connectivity index (χ0) is 12.0. The number of ether oxygens (including phenoxy) is 1. The molecule has 2 N–H and O–H groups in total. The molecule has 1 unspecified atom stereocenters. The fraction of sp³-hybridized carbons (Fsp3) is 0.538. The Labute approximate surface area is 96.6 Å². The zero-order valence-corrected chi connectivity index (χ0v) is 10.0. The Hall–Kier alpha value is -1.09. The smallest absolute Gasteiger partial charge is 0.123 e. The van der Waals surface area contributed by atoms with E-state index in [1.165, 1.54) is 12.1 Å². The molecule has 0 heterocycles. The SMILES string of the molecule is CCC(N)CCCc1cc(F)ccc1OC. The minimum atomic E-state index is -0.212. The lowest BCUT2D eigenvalue weighted by atomic mass is 10.0. The Morgan fingerprint density at radius 3 is 2.81 bits per heavy atom. The Balaban J connectivity index is 2.55. The highest BCUT2D eigenvalue weighted by Gasteiger charge is 2.05. The maximum atomic E-state index is 13.1. The highest BCUT2D eigenvalue weighted by molar-refractivity contribution is 5.33. The second kappa shape index (κ2) is 6.48. The molecule has 0 fully saturated rings. The predicted molar refractivity (Wildman–Crippen MR) is 64.2 cm³/mol. The summed E-state index contributed by atoms with van der Waals surface area (Å²) in [7, 11) is 1.61. The van der Waals surface area contributed by atoms with Gasteiger partial charge in [-0.15, -0.1) is 0 Å². The van der Waals surface area contributed by atoms with Crippen LogP contribution in [0.1, 0.15) is 31.7 Å². The van der Waals surface area contributed by atoms with Crippen molar-refractivity contribution in [2.45, 2.75) is 38.6 Å². The van der Waals surface area contributed by atoms with Crippen molar-refractivity contribution in [2.75, 3.05) is 7.11 Å². The van der Waals surface area contributed by atoms with Crippen LogP contribution >= 0.6 is 0 Å². The average Bonchev–Trinajstić information content (AvgIpc) is 2.29. The monoisotopic (exact) mass is 225 g/mol. The normalized spacial score (nSPS) is 12.5. The molecule has 0 aliphatic carbocycles. The molecule has 0 aromatic heterocycles. The lowest BCUT2D eigenvalue weighted by molar-refractivity contribution is 0.407. The van der Waals surface area contributed by atoms with Crippen LogP contribution in [0, 0.1) is 5.82 Å². The van der Waals surface area contributed by atoms with E-state index in [2.05, 4.69) is 6.92 Å². The first-order valence-electron chi connectivity index (χ1n) is 5.75. The summed E-state index contributed by atoms with van der Waals surface area (Å²) in [5, 5.41) is 0. The van der Waals surface area contributed by atoms with E-state index in [1.807, 2.05) is 0 Å². The highest BCUT2D eigenvalue weighted by Crippen LogP contribution is 2.21. The molecule has 16 heavy (non-hydrogen) atoms. The number of rotatable bonds is 6. The van der Waals surface area contributed by atoms with Crippen LogP contribution in [-0.4, -0.2) is 13.2 Å². The third-order valence-electron chi connectivity index (χ3n) is 2.79. The predicted octanol–water partition coefficient (Wildman–Crippen LogP) is 2.89. The van der Waals surface area contributed by atoms with Crippen molar-refractivity contribution < 1.29 is 9.13 Å². The van der Waals surface area contributed by atoms with Crippen LogP contribution in [0.2, 0.25) is 0 Å². The van der Waals surface area contributed by atoms with Gasteiger partial charge < -0.3 is 10.5 Å². The first-order chi connectivity index (χ1) is 7.67. The van der Waals surface area contributed by atoms with Gasteiger partial charge in [0.25, 0.3) is 0 Å². The van der Waals surface area contributed by atoms with E-state index in [-0.39, 0.29) is 11.9 Å². The van der Waals surface area contributed by atoms with Crippen LogP contribution in [-0.2, 0) is 6.42 Å². The maximum absolute atomic E-state index is 13.1. The molecule has 2 nitrogen and oxygen atoms in total. The van der Waals surface area contributed by atoms with Crippen LogP contribution < -0.4 is 10.5 Å². The number of methoxy groups -OCH3 is 1. The number of hydrogen-bond donors (Lipinski definition) is 1. The molecule has 0 spiro atoms. The Bertz CT molecular complexity index is 328. The van der Waals surface area contributed by atoms with Crippen LogP contribution in [0.15, 0.2) is 18.2 Å². The third kappa shape index (κ3) is 3.81. The lowest BCUT2D eigenvalue weighted by Crippen LogP contribution is -2.18. The van der Waals surface area contributed by atoms with Crippen molar-refractivity contribution in [2.24, 2.45) is 5.73 Å². The summed E-state index contributed by atoms with van der Waals surface area (Å²) in [5.74, 6) is 0.544. The van der Waals surface area contributed by atoms with E-state index in [4.69, 9.17) is 10.5 Å².